The number of ether oxygens (including phenoxy) is 2. The summed E-state index contributed by atoms with van der Waals surface area (Å²) in [5, 5.41) is 17.7. The van der Waals surface area contributed by atoms with Crippen LogP contribution in [-0.4, -0.2) is 36.3 Å². The van der Waals surface area contributed by atoms with Crippen LogP contribution in [0.4, 0.5) is 13.2 Å². The van der Waals surface area contributed by atoms with Crippen molar-refractivity contribution in [3.8, 4) is 5.75 Å². The first-order chi connectivity index (χ1) is 10.4. The van der Waals surface area contributed by atoms with Gasteiger partial charge < -0.3 is 19.5 Å². The molecule has 0 aliphatic heterocycles. The van der Waals surface area contributed by atoms with Gasteiger partial charge in [-0.25, -0.2) is 13.2 Å². The number of carbonyl (C=O) groups is 1. The SMILES string of the molecule is CCOC(=O)CCCCOc1c(F)cc(F)c(B(O)O)c1F. The monoisotopic (exact) mass is 320 g/mol. The van der Waals surface area contributed by atoms with Crippen LogP contribution in [0.1, 0.15) is 26.2 Å². The van der Waals surface area contributed by atoms with Gasteiger partial charge in [-0.3, -0.25) is 4.79 Å². The van der Waals surface area contributed by atoms with Gasteiger partial charge in [0.25, 0.3) is 0 Å². The molecule has 1 aromatic rings. The molecule has 0 saturated carbocycles. The summed E-state index contributed by atoms with van der Waals surface area (Å²) in [4.78, 5) is 11.1. The minimum atomic E-state index is -2.42. The second-order valence-electron chi connectivity index (χ2n) is 4.38. The lowest BCUT2D eigenvalue weighted by atomic mass is 9.79. The first-order valence-electron chi connectivity index (χ1n) is 6.70. The van der Waals surface area contributed by atoms with E-state index in [1.807, 2.05) is 0 Å². The summed E-state index contributed by atoms with van der Waals surface area (Å²) in [7, 11) is -2.42. The van der Waals surface area contributed by atoms with E-state index in [-0.39, 0.29) is 25.6 Å². The van der Waals surface area contributed by atoms with E-state index >= 15 is 0 Å². The van der Waals surface area contributed by atoms with E-state index in [1.54, 1.807) is 6.92 Å². The molecule has 0 heterocycles. The highest BCUT2D eigenvalue weighted by atomic mass is 19.1. The molecule has 0 amide bonds. The van der Waals surface area contributed by atoms with Crippen LogP contribution in [0.25, 0.3) is 0 Å². The van der Waals surface area contributed by atoms with Gasteiger partial charge in [-0.1, -0.05) is 0 Å². The number of halogens is 3. The molecule has 22 heavy (non-hydrogen) atoms. The molecule has 1 rings (SSSR count). The van der Waals surface area contributed by atoms with Gasteiger partial charge in [0.05, 0.1) is 18.7 Å². The first kappa shape index (κ1) is 18.3. The summed E-state index contributed by atoms with van der Waals surface area (Å²) >= 11 is 0. The second-order valence-corrected chi connectivity index (χ2v) is 4.38. The van der Waals surface area contributed by atoms with E-state index < -0.39 is 35.8 Å². The molecule has 0 unspecified atom stereocenters. The molecule has 1 aromatic carbocycles. The zero-order valence-electron chi connectivity index (χ0n) is 11.9. The zero-order chi connectivity index (χ0) is 16.7. The van der Waals surface area contributed by atoms with E-state index in [2.05, 4.69) is 0 Å². The third kappa shape index (κ3) is 4.92. The topological polar surface area (TPSA) is 76.0 Å². The highest BCUT2D eigenvalue weighted by Gasteiger charge is 2.27. The molecule has 0 saturated heterocycles. The van der Waals surface area contributed by atoms with Gasteiger partial charge in [-0.05, 0) is 19.8 Å². The Morgan fingerprint density at radius 3 is 2.50 bits per heavy atom. The molecular formula is C13H16BF3O5. The van der Waals surface area contributed by atoms with E-state index in [9.17, 15) is 18.0 Å². The fraction of sp³-hybridized carbons (Fsp3) is 0.462. The van der Waals surface area contributed by atoms with Crippen molar-refractivity contribution in [1.29, 1.82) is 0 Å². The van der Waals surface area contributed by atoms with E-state index in [0.29, 0.717) is 18.9 Å². The predicted octanol–water partition coefficient (Wildman–Crippen LogP) is 0.896. The summed E-state index contributed by atoms with van der Waals surface area (Å²) in [6, 6.07) is 0.311. The van der Waals surface area contributed by atoms with Crippen LogP contribution < -0.4 is 10.2 Å². The van der Waals surface area contributed by atoms with Gasteiger partial charge in [0.15, 0.2) is 17.4 Å². The quantitative estimate of drug-likeness (QED) is 0.423. The zero-order valence-corrected chi connectivity index (χ0v) is 11.9. The van der Waals surface area contributed by atoms with Crippen molar-refractivity contribution >= 4 is 18.6 Å². The lowest BCUT2D eigenvalue weighted by molar-refractivity contribution is -0.143. The Morgan fingerprint density at radius 1 is 1.23 bits per heavy atom. The first-order valence-corrected chi connectivity index (χ1v) is 6.70. The smallest absolute Gasteiger partial charge is 0.488 e. The lowest BCUT2D eigenvalue weighted by Crippen LogP contribution is -2.36. The number of hydrogen-bond acceptors (Lipinski definition) is 5. The molecule has 0 aliphatic carbocycles. The molecule has 9 heteroatoms. The Balaban J connectivity index is 2.59. The van der Waals surface area contributed by atoms with Crippen LogP contribution in [-0.2, 0) is 9.53 Å². The molecule has 0 atom stereocenters. The maximum Gasteiger partial charge on any atom is 0.494 e. The number of esters is 1. The third-order valence-corrected chi connectivity index (χ3v) is 2.75. The Bertz CT molecular complexity index is 525. The number of benzene rings is 1. The molecular weight excluding hydrogens is 304 g/mol. The van der Waals surface area contributed by atoms with E-state index in [1.165, 1.54) is 0 Å². The molecule has 0 aliphatic rings. The molecule has 0 aromatic heterocycles. The summed E-state index contributed by atoms with van der Waals surface area (Å²) < 4.78 is 50.0. The molecule has 122 valence electrons. The van der Waals surface area contributed by atoms with Gasteiger partial charge in [0.1, 0.15) is 5.82 Å². The normalized spacial score (nSPS) is 10.5. The highest BCUT2D eigenvalue weighted by molar-refractivity contribution is 6.58. The predicted molar refractivity (Wildman–Crippen MR) is 72.1 cm³/mol. The van der Waals surface area contributed by atoms with Gasteiger partial charge in [-0.2, -0.15) is 0 Å². The summed E-state index contributed by atoms with van der Waals surface area (Å²) in [5.41, 5.74) is -1.08. The maximum absolute atomic E-state index is 13.8. The Labute approximate surface area is 125 Å². The van der Waals surface area contributed by atoms with Crippen molar-refractivity contribution in [1.82, 2.24) is 0 Å². The van der Waals surface area contributed by atoms with Crippen LogP contribution >= 0.6 is 0 Å². The number of carbonyl (C=O) groups excluding carboxylic acids is 1. The Morgan fingerprint density at radius 2 is 1.91 bits per heavy atom. The van der Waals surface area contributed by atoms with Gasteiger partial charge >= 0.3 is 13.1 Å². The lowest BCUT2D eigenvalue weighted by Gasteiger charge is -2.12. The molecule has 0 radical (unpaired) electrons. The van der Waals surface area contributed by atoms with Crippen molar-refractivity contribution in [2.45, 2.75) is 26.2 Å². The van der Waals surface area contributed by atoms with Gasteiger partial charge in [0.2, 0.25) is 0 Å². The molecule has 0 fully saturated rings. The average molecular weight is 320 g/mol. The fourth-order valence-electron chi connectivity index (χ4n) is 1.73. The third-order valence-electron chi connectivity index (χ3n) is 2.75. The number of unbranched alkanes of at least 4 members (excludes halogenated alkanes) is 1. The van der Waals surface area contributed by atoms with Crippen LogP contribution in [0.3, 0.4) is 0 Å². The van der Waals surface area contributed by atoms with Crippen LogP contribution in [0.15, 0.2) is 6.07 Å². The minimum Gasteiger partial charge on any atom is -0.488 e. The standard InChI is InChI=1S/C13H16BF3O5/c1-2-21-10(18)5-3-4-6-22-13-9(16)7-8(15)11(12(13)17)14(19)20/h7,19-20H,2-6H2,1H3. The fourth-order valence-corrected chi connectivity index (χ4v) is 1.73. The van der Waals surface area contributed by atoms with E-state index in [4.69, 9.17) is 19.5 Å². The van der Waals surface area contributed by atoms with Gasteiger partial charge in [0, 0.05) is 12.5 Å². The van der Waals surface area contributed by atoms with E-state index in [0.717, 1.165) is 0 Å². The summed E-state index contributed by atoms with van der Waals surface area (Å²) in [6.45, 7) is 1.82. The van der Waals surface area contributed by atoms with Crippen molar-refractivity contribution < 1.29 is 37.5 Å². The van der Waals surface area contributed by atoms with Crippen LogP contribution in [0, 0.1) is 17.5 Å². The summed E-state index contributed by atoms with van der Waals surface area (Å²) in [5.74, 6) is -5.48. The largest absolute Gasteiger partial charge is 0.494 e. The number of rotatable bonds is 8. The molecule has 2 N–H and O–H groups in total. The minimum absolute atomic E-state index is 0.125. The Kier molecular flexibility index (Phi) is 7.20. The van der Waals surface area contributed by atoms with Crippen molar-refractivity contribution in [2.75, 3.05) is 13.2 Å². The van der Waals surface area contributed by atoms with Crippen LogP contribution in [0.5, 0.6) is 5.75 Å². The number of hydrogen-bond donors (Lipinski definition) is 2. The second kappa shape index (κ2) is 8.65. The average Bonchev–Trinajstić information content (AvgIpc) is 2.41. The molecule has 0 bridgehead atoms. The van der Waals surface area contributed by atoms with Gasteiger partial charge in [-0.15, -0.1) is 0 Å². The van der Waals surface area contributed by atoms with Crippen molar-refractivity contribution in [3.63, 3.8) is 0 Å². The van der Waals surface area contributed by atoms with Crippen molar-refractivity contribution in [3.05, 3.63) is 23.5 Å². The molecule has 0 spiro atoms. The Hall–Kier alpha value is -1.74. The highest BCUT2D eigenvalue weighted by Crippen LogP contribution is 2.22. The van der Waals surface area contributed by atoms with Crippen LogP contribution in [0.2, 0.25) is 0 Å². The van der Waals surface area contributed by atoms with Crippen molar-refractivity contribution in [2.24, 2.45) is 0 Å². The maximum atomic E-state index is 13.8. The molecule has 5 nitrogen and oxygen atoms in total. The summed E-state index contributed by atoms with van der Waals surface area (Å²) in [6.07, 6.45) is 0.844.